The first-order chi connectivity index (χ1) is 12.6. The van der Waals surface area contributed by atoms with Crippen LogP contribution in [0.5, 0.6) is 5.88 Å². The highest BCUT2D eigenvalue weighted by Gasteiger charge is 2.17. The fourth-order valence-electron chi connectivity index (χ4n) is 3.10. The molecular formula is C21H41N3O2. The van der Waals surface area contributed by atoms with E-state index >= 15 is 0 Å². The fourth-order valence-corrected chi connectivity index (χ4v) is 3.10. The molecule has 0 amide bonds. The maximum absolute atomic E-state index is 9.90. The predicted molar refractivity (Wildman–Crippen MR) is 110 cm³/mol. The molecule has 0 bridgehead atoms. The lowest BCUT2D eigenvalue weighted by atomic mass is 10.0. The summed E-state index contributed by atoms with van der Waals surface area (Å²) in [5, 5.41) is 16.9. The lowest BCUT2D eigenvalue weighted by molar-refractivity contribution is 0.325. The summed E-state index contributed by atoms with van der Waals surface area (Å²) >= 11 is 0. The van der Waals surface area contributed by atoms with E-state index in [1.165, 1.54) is 70.6 Å². The molecule has 1 unspecified atom stereocenters. The van der Waals surface area contributed by atoms with Gasteiger partial charge in [0.25, 0.3) is 5.88 Å². The highest BCUT2D eigenvalue weighted by atomic mass is 16.5. The summed E-state index contributed by atoms with van der Waals surface area (Å²) in [6.45, 7) is 4.32. The zero-order chi connectivity index (χ0) is 19.2. The minimum absolute atomic E-state index is 0.0292. The molecule has 0 aliphatic carbocycles. The van der Waals surface area contributed by atoms with E-state index in [9.17, 15) is 5.11 Å². The van der Waals surface area contributed by atoms with Gasteiger partial charge in [0.05, 0.1) is 11.7 Å². The Kier molecular flexibility index (Phi) is 12.2. The van der Waals surface area contributed by atoms with Crippen LogP contribution in [0.4, 0.5) is 5.88 Å². The van der Waals surface area contributed by atoms with Gasteiger partial charge in [0.2, 0.25) is 5.88 Å². The smallest absolute Gasteiger partial charge is 0.257 e. The highest BCUT2D eigenvalue weighted by molar-refractivity contribution is 5.46. The Morgan fingerprint density at radius 3 is 1.92 bits per heavy atom. The normalized spacial score (nSPS) is 12.7. The molecule has 2 N–H and O–H groups in total. The van der Waals surface area contributed by atoms with Gasteiger partial charge in [0.1, 0.15) is 0 Å². The van der Waals surface area contributed by atoms with Gasteiger partial charge in [-0.2, -0.15) is 0 Å². The van der Waals surface area contributed by atoms with Crippen LogP contribution in [0, 0.1) is 0 Å². The molecule has 152 valence electrons. The molecule has 1 atom stereocenters. The third-order valence-corrected chi connectivity index (χ3v) is 5.16. The average Bonchev–Trinajstić information content (AvgIpc) is 2.95. The molecule has 26 heavy (non-hydrogen) atoms. The molecule has 0 radical (unpaired) electrons. The van der Waals surface area contributed by atoms with Crippen LogP contribution in [0.1, 0.15) is 96.5 Å². The molecular weight excluding hydrogens is 326 g/mol. The van der Waals surface area contributed by atoms with Crippen molar-refractivity contribution < 1.29 is 9.63 Å². The Hall–Kier alpha value is -1.23. The van der Waals surface area contributed by atoms with E-state index in [-0.39, 0.29) is 12.0 Å². The average molecular weight is 368 g/mol. The summed E-state index contributed by atoms with van der Waals surface area (Å²) < 4.78 is 5.24. The van der Waals surface area contributed by atoms with Crippen molar-refractivity contribution in [2.45, 2.75) is 103 Å². The Morgan fingerprint density at radius 2 is 1.42 bits per heavy atom. The number of rotatable bonds is 16. The van der Waals surface area contributed by atoms with Crippen molar-refractivity contribution >= 4 is 5.88 Å². The molecule has 1 aromatic heterocycles. The SMILES string of the molecule is CCCCCCCCCCCCCCc1c(O)noc1NC(C)N(C)C. The number of aromatic nitrogens is 1. The molecule has 5 heteroatoms. The van der Waals surface area contributed by atoms with E-state index in [1.807, 2.05) is 25.9 Å². The highest BCUT2D eigenvalue weighted by Crippen LogP contribution is 2.27. The first-order valence-corrected chi connectivity index (χ1v) is 10.7. The zero-order valence-electron chi connectivity index (χ0n) is 17.5. The van der Waals surface area contributed by atoms with Crippen molar-refractivity contribution in [3.8, 4) is 5.88 Å². The lowest BCUT2D eigenvalue weighted by Gasteiger charge is -2.20. The molecule has 1 rings (SSSR count). The third kappa shape index (κ3) is 9.46. The summed E-state index contributed by atoms with van der Waals surface area (Å²) in [6, 6.07) is 0. The summed E-state index contributed by atoms with van der Waals surface area (Å²) in [7, 11) is 4.00. The Labute approximate surface area is 160 Å². The van der Waals surface area contributed by atoms with Gasteiger partial charge in [-0.15, -0.1) is 0 Å². The van der Waals surface area contributed by atoms with Crippen LogP contribution in [0.3, 0.4) is 0 Å². The maximum atomic E-state index is 9.90. The van der Waals surface area contributed by atoms with Crippen LogP contribution < -0.4 is 5.32 Å². The van der Waals surface area contributed by atoms with Crippen LogP contribution in [0.15, 0.2) is 4.52 Å². The predicted octanol–water partition coefficient (Wildman–Crippen LogP) is 5.94. The minimum Gasteiger partial charge on any atom is -0.491 e. The number of hydrogen-bond acceptors (Lipinski definition) is 5. The topological polar surface area (TPSA) is 61.5 Å². The number of nitrogens with zero attached hydrogens (tertiary/aromatic N) is 2. The number of unbranched alkanes of at least 4 members (excludes halogenated alkanes) is 11. The van der Waals surface area contributed by atoms with Crippen molar-refractivity contribution in [3.63, 3.8) is 0 Å². The van der Waals surface area contributed by atoms with Crippen LogP contribution in [-0.2, 0) is 6.42 Å². The Bertz CT molecular complexity index is 460. The molecule has 0 fully saturated rings. The van der Waals surface area contributed by atoms with Crippen LogP contribution in [-0.4, -0.2) is 35.4 Å². The van der Waals surface area contributed by atoms with Crippen molar-refractivity contribution in [3.05, 3.63) is 5.56 Å². The van der Waals surface area contributed by atoms with Crippen molar-refractivity contribution in [2.75, 3.05) is 19.4 Å². The molecule has 1 heterocycles. The van der Waals surface area contributed by atoms with E-state index in [2.05, 4.69) is 17.4 Å². The second-order valence-corrected chi connectivity index (χ2v) is 7.74. The molecule has 0 spiro atoms. The molecule has 0 aromatic carbocycles. The summed E-state index contributed by atoms with van der Waals surface area (Å²) in [6.07, 6.45) is 16.9. The number of hydrogen-bond donors (Lipinski definition) is 2. The minimum atomic E-state index is 0.0292. The van der Waals surface area contributed by atoms with Gasteiger partial charge >= 0.3 is 0 Å². The van der Waals surface area contributed by atoms with E-state index in [1.54, 1.807) is 0 Å². The van der Waals surface area contributed by atoms with E-state index < -0.39 is 0 Å². The van der Waals surface area contributed by atoms with Gasteiger partial charge in [0.15, 0.2) is 0 Å². The Morgan fingerprint density at radius 1 is 0.923 bits per heavy atom. The second-order valence-electron chi connectivity index (χ2n) is 7.74. The van der Waals surface area contributed by atoms with Crippen LogP contribution >= 0.6 is 0 Å². The molecule has 1 aromatic rings. The molecule has 0 aliphatic heterocycles. The van der Waals surface area contributed by atoms with E-state index in [0.717, 1.165) is 18.4 Å². The number of anilines is 1. The largest absolute Gasteiger partial charge is 0.491 e. The van der Waals surface area contributed by atoms with Gasteiger partial charge in [-0.05, 0) is 39.0 Å². The van der Waals surface area contributed by atoms with E-state index in [0.29, 0.717) is 5.88 Å². The Balaban J connectivity index is 2.08. The standard InChI is InChI=1S/C21H41N3O2/c1-5-6-7-8-9-10-11-12-13-14-15-16-17-19-20(25)23-26-21(19)22-18(2)24(3)4/h18,22H,5-17H2,1-4H3,(H,23,25). The monoisotopic (exact) mass is 367 g/mol. The third-order valence-electron chi connectivity index (χ3n) is 5.16. The van der Waals surface area contributed by atoms with Gasteiger partial charge in [-0.3, -0.25) is 4.90 Å². The van der Waals surface area contributed by atoms with Crippen molar-refractivity contribution in [1.29, 1.82) is 0 Å². The zero-order valence-corrected chi connectivity index (χ0v) is 17.5. The first kappa shape index (κ1) is 22.8. The van der Waals surface area contributed by atoms with Crippen molar-refractivity contribution in [1.82, 2.24) is 10.1 Å². The number of aromatic hydroxyl groups is 1. The van der Waals surface area contributed by atoms with E-state index in [4.69, 9.17) is 4.52 Å². The van der Waals surface area contributed by atoms with Gasteiger partial charge in [-0.1, -0.05) is 77.6 Å². The van der Waals surface area contributed by atoms with Gasteiger partial charge in [-0.25, -0.2) is 0 Å². The summed E-state index contributed by atoms with van der Waals surface area (Å²) in [5.74, 6) is 0.633. The van der Waals surface area contributed by atoms with Gasteiger partial charge < -0.3 is 14.9 Å². The molecule has 0 aliphatic rings. The van der Waals surface area contributed by atoms with Crippen LogP contribution in [0.2, 0.25) is 0 Å². The lowest BCUT2D eigenvalue weighted by Crippen LogP contribution is -2.32. The fraction of sp³-hybridized carbons (Fsp3) is 0.857. The molecule has 0 saturated heterocycles. The first-order valence-electron chi connectivity index (χ1n) is 10.7. The van der Waals surface area contributed by atoms with Crippen molar-refractivity contribution in [2.24, 2.45) is 0 Å². The maximum Gasteiger partial charge on any atom is 0.257 e. The molecule has 0 saturated carbocycles. The quantitative estimate of drug-likeness (QED) is 0.279. The molecule has 5 nitrogen and oxygen atoms in total. The number of nitrogens with one attached hydrogen (secondary N) is 1. The summed E-state index contributed by atoms with van der Waals surface area (Å²) in [4.78, 5) is 2.05. The summed E-state index contributed by atoms with van der Waals surface area (Å²) in [5.41, 5.74) is 0.811. The van der Waals surface area contributed by atoms with Gasteiger partial charge in [0, 0.05) is 0 Å². The van der Waals surface area contributed by atoms with Crippen LogP contribution in [0.25, 0.3) is 0 Å². The second kappa shape index (κ2) is 13.9.